The van der Waals surface area contributed by atoms with Crippen molar-refractivity contribution in [3.05, 3.63) is 84.6 Å². The summed E-state index contributed by atoms with van der Waals surface area (Å²) in [6.45, 7) is 6.83. The molecular weight excluding hydrogens is 420 g/mol. The number of para-hydroxylation sites is 4. The molecule has 0 saturated heterocycles. The Morgan fingerprint density at radius 3 is 2.29 bits per heavy atom. The van der Waals surface area contributed by atoms with Crippen LogP contribution in [0.15, 0.2) is 79.0 Å². The summed E-state index contributed by atoms with van der Waals surface area (Å²) in [4.78, 5) is 0. The maximum atomic E-state index is 6.58. The number of quaternary nitrogens is 1. The van der Waals surface area contributed by atoms with Crippen molar-refractivity contribution in [2.24, 2.45) is 7.05 Å². The Balaban J connectivity index is 1.64. The lowest BCUT2D eigenvalue weighted by Crippen LogP contribution is -2.81. The van der Waals surface area contributed by atoms with Crippen LogP contribution in [0.4, 0.5) is 11.4 Å². The molecule has 164 valence electrons. The minimum atomic E-state index is 0.0588. The van der Waals surface area contributed by atoms with E-state index in [1.807, 2.05) is 0 Å². The maximum Gasteiger partial charge on any atom is 0.354 e. The monoisotopic (exact) mass is 445 g/mol. The normalized spacial score (nSPS) is 18.4. The lowest BCUT2D eigenvalue weighted by atomic mass is 9.87. The molecule has 3 aromatic carbocycles. The number of hydrogen-bond acceptors (Lipinski definition) is 1. The second-order valence-electron chi connectivity index (χ2n) is 10.6. The zero-order chi connectivity index (χ0) is 23.0. The van der Waals surface area contributed by atoms with Crippen LogP contribution >= 0.6 is 0 Å². The van der Waals surface area contributed by atoms with Crippen molar-refractivity contribution in [1.29, 1.82) is 0 Å². The Labute approximate surface area is 197 Å². The predicted molar refractivity (Wildman–Crippen MR) is 132 cm³/mol. The number of pyridine rings is 1. The number of aryl methyl sites for hydroxylation is 1. The van der Waals surface area contributed by atoms with Crippen LogP contribution in [0.25, 0.3) is 33.7 Å². The molecule has 0 saturated carbocycles. The van der Waals surface area contributed by atoms with Crippen molar-refractivity contribution in [3.63, 3.8) is 0 Å². The van der Waals surface area contributed by atoms with E-state index in [1.165, 1.54) is 50.6 Å². The van der Waals surface area contributed by atoms with Gasteiger partial charge >= 0.3 is 5.82 Å². The number of aromatic nitrogens is 3. The summed E-state index contributed by atoms with van der Waals surface area (Å²) in [5, 5.41) is 0. The number of benzene rings is 3. The molecule has 5 aromatic rings. The molecule has 5 heterocycles. The van der Waals surface area contributed by atoms with Gasteiger partial charge in [0, 0.05) is 21.5 Å². The minimum absolute atomic E-state index is 0.0588. The molecular formula is C29H25N4O+3. The molecule has 5 nitrogen and oxygen atoms in total. The smallest absolute Gasteiger partial charge is 0.354 e. The number of rotatable bonds is 0. The molecule has 0 aliphatic carbocycles. The van der Waals surface area contributed by atoms with Gasteiger partial charge in [0.05, 0.1) is 7.05 Å². The number of ether oxygens (including phenoxy) is 1. The molecule has 0 radical (unpaired) electrons. The third-order valence-corrected chi connectivity index (χ3v) is 7.75. The molecule has 1 spiro atoms. The van der Waals surface area contributed by atoms with E-state index >= 15 is 0 Å². The van der Waals surface area contributed by atoms with Gasteiger partial charge in [-0.1, -0.05) is 45.0 Å². The molecule has 1 atom stereocenters. The van der Waals surface area contributed by atoms with E-state index in [-0.39, 0.29) is 5.41 Å². The van der Waals surface area contributed by atoms with Crippen LogP contribution in [0, 0.1) is 0 Å². The van der Waals surface area contributed by atoms with E-state index in [2.05, 4.69) is 121 Å². The molecule has 1 unspecified atom stereocenters. The first-order valence-electron chi connectivity index (χ1n) is 11.8. The number of fused-ring (bicyclic) bond motifs is 6. The predicted octanol–water partition coefficient (Wildman–Crippen LogP) is 5.68. The van der Waals surface area contributed by atoms with Gasteiger partial charge in [0.25, 0.3) is 17.1 Å². The highest BCUT2D eigenvalue weighted by Crippen LogP contribution is 2.60. The summed E-state index contributed by atoms with van der Waals surface area (Å²) in [5.41, 5.74) is 9.78. The van der Waals surface area contributed by atoms with Gasteiger partial charge in [-0.05, 0) is 47.4 Å². The summed E-state index contributed by atoms with van der Waals surface area (Å²) in [7, 11) is 2.17. The highest BCUT2D eigenvalue weighted by atomic mass is 16.5. The van der Waals surface area contributed by atoms with Crippen LogP contribution in [0.1, 0.15) is 26.3 Å². The van der Waals surface area contributed by atoms with Crippen LogP contribution in [-0.4, -0.2) is 4.57 Å². The zero-order valence-corrected chi connectivity index (χ0v) is 19.7. The van der Waals surface area contributed by atoms with Crippen molar-refractivity contribution in [2.75, 3.05) is 0 Å². The third kappa shape index (κ3) is 1.82. The van der Waals surface area contributed by atoms with Crippen LogP contribution in [0.3, 0.4) is 0 Å². The lowest BCUT2D eigenvalue weighted by molar-refractivity contribution is -1.01. The molecule has 0 bridgehead atoms. The topological polar surface area (TPSA) is 21.9 Å². The first-order chi connectivity index (χ1) is 16.4. The Morgan fingerprint density at radius 2 is 1.53 bits per heavy atom. The highest BCUT2D eigenvalue weighted by Gasteiger charge is 2.72. The fraction of sp³-hybridized carbons (Fsp3) is 0.172. The van der Waals surface area contributed by atoms with Gasteiger partial charge in [-0.25, -0.2) is 4.57 Å². The standard InChI is InChI=1S/C29H25N4O/c1-29(2,3)18-15-16-31-23(17-18)19-9-7-13-24-26(19)33(31)27-20(10-8-14-25(27)34-24)28-30(4)21-11-5-6-12-22(21)32(28)33/h5-17H,1-4H3/q+3. The molecule has 2 aromatic heterocycles. The van der Waals surface area contributed by atoms with Crippen LogP contribution in [-0.2, 0) is 12.5 Å². The van der Waals surface area contributed by atoms with E-state index in [0.717, 1.165) is 11.5 Å². The molecule has 5 heteroatoms. The molecule has 0 amide bonds. The van der Waals surface area contributed by atoms with E-state index in [1.54, 1.807) is 0 Å². The highest BCUT2D eigenvalue weighted by molar-refractivity contribution is 5.93. The zero-order valence-electron chi connectivity index (χ0n) is 19.7. The largest absolute Gasteiger partial charge is 0.444 e. The van der Waals surface area contributed by atoms with E-state index in [9.17, 15) is 0 Å². The van der Waals surface area contributed by atoms with Gasteiger partial charge in [-0.3, -0.25) is 0 Å². The van der Waals surface area contributed by atoms with Gasteiger partial charge in [-0.15, -0.1) is 0 Å². The summed E-state index contributed by atoms with van der Waals surface area (Å²) in [6.07, 6.45) is 2.27. The molecule has 8 rings (SSSR count). The van der Waals surface area contributed by atoms with Gasteiger partial charge < -0.3 is 4.74 Å². The van der Waals surface area contributed by atoms with Crippen molar-refractivity contribution in [2.45, 2.75) is 26.2 Å². The van der Waals surface area contributed by atoms with E-state index in [0.29, 0.717) is 4.70 Å². The number of hydrogen-bond donors (Lipinski definition) is 0. The molecule has 0 fully saturated rings. The van der Waals surface area contributed by atoms with Crippen LogP contribution in [0.5, 0.6) is 11.5 Å². The van der Waals surface area contributed by atoms with Gasteiger partial charge in [-0.2, -0.15) is 0 Å². The van der Waals surface area contributed by atoms with Crippen molar-refractivity contribution in [3.8, 4) is 34.1 Å². The SMILES string of the molecule is Cn1c2[n+](c3ccccc31)[N+]13c4c(cccc4-c4cc(C(C)(C)C)cc[n+]41)Oc1cccc-2c13. The van der Waals surface area contributed by atoms with Gasteiger partial charge in [0.15, 0.2) is 17.0 Å². The van der Waals surface area contributed by atoms with Crippen molar-refractivity contribution >= 4 is 22.4 Å². The molecule has 0 N–H and O–H groups in total. The molecule has 34 heavy (non-hydrogen) atoms. The van der Waals surface area contributed by atoms with Crippen molar-refractivity contribution in [1.82, 2.24) is 9.27 Å². The van der Waals surface area contributed by atoms with Crippen LogP contribution < -0.4 is 18.8 Å². The fourth-order valence-electron chi connectivity index (χ4n) is 6.28. The minimum Gasteiger partial charge on any atom is -0.444 e. The molecule has 3 aliphatic heterocycles. The first-order valence-corrected chi connectivity index (χ1v) is 11.8. The summed E-state index contributed by atoms with van der Waals surface area (Å²) in [6, 6.07) is 26.2. The lowest BCUT2D eigenvalue weighted by Gasteiger charge is -2.25. The summed E-state index contributed by atoms with van der Waals surface area (Å²) < 4.78 is 14.3. The average Bonchev–Trinajstić information content (AvgIpc) is 3.42. The first kappa shape index (κ1) is 18.5. The Morgan fingerprint density at radius 1 is 0.824 bits per heavy atom. The Bertz CT molecular complexity index is 1740. The summed E-state index contributed by atoms with van der Waals surface area (Å²) in [5.74, 6) is 3.01. The quantitative estimate of drug-likeness (QED) is 0.217. The van der Waals surface area contributed by atoms with E-state index < -0.39 is 0 Å². The second kappa shape index (κ2) is 5.57. The average molecular weight is 446 g/mol. The maximum absolute atomic E-state index is 6.58. The van der Waals surface area contributed by atoms with Gasteiger partial charge in [0.1, 0.15) is 15.8 Å². The van der Waals surface area contributed by atoms with Crippen molar-refractivity contribution < 1.29 is 14.1 Å². The Hall–Kier alpha value is -3.96. The van der Waals surface area contributed by atoms with Crippen LogP contribution in [0.2, 0.25) is 0 Å². The molecule has 3 aliphatic rings. The second-order valence-corrected chi connectivity index (χ2v) is 10.6. The fourth-order valence-corrected chi connectivity index (χ4v) is 6.28. The number of imidazole rings is 1. The number of nitrogens with zero attached hydrogens (tertiary/aromatic N) is 4. The van der Waals surface area contributed by atoms with E-state index in [4.69, 9.17) is 4.74 Å². The Kier molecular flexibility index (Phi) is 3.02. The van der Waals surface area contributed by atoms with Gasteiger partial charge in [0.2, 0.25) is 11.7 Å². The third-order valence-electron chi connectivity index (χ3n) is 7.75. The summed E-state index contributed by atoms with van der Waals surface area (Å²) >= 11 is 0.